The van der Waals surface area contributed by atoms with E-state index in [0.29, 0.717) is 18.3 Å². The number of carbonyl (C=O) groups is 1. The standard InChI is InChI=1S/C29H38N2O3/c1-6-20-18-31-15-11-21(20)17-25(31)26(22-10-14-30-24-9-8-19(2)16-23(22)24)33-27(32)29(5)13-7-12-28(3,4)34-29/h6,8-10,14,16,20-21,25-26H,1,7,11-13,15,17-18H2,2-5H3/t20?,21-,25+,26-,29?/m1/s1. The third-order valence-corrected chi connectivity index (χ3v) is 8.34. The Morgan fingerprint density at radius 3 is 2.82 bits per heavy atom. The van der Waals surface area contributed by atoms with E-state index in [-0.39, 0.29) is 23.7 Å². The molecule has 5 heterocycles. The molecule has 0 amide bonds. The molecule has 1 aromatic heterocycles. The summed E-state index contributed by atoms with van der Waals surface area (Å²) in [6, 6.07) is 8.50. The predicted molar refractivity (Wildman–Crippen MR) is 135 cm³/mol. The van der Waals surface area contributed by atoms with Gasteiger partial charge in [0.05, 0.1) is 17.2 Å². The Morgan fingerprint density at radius 1 is 1.29 bits per heavy atom. The minimum absolute atomic E-state index is 0.144. The molecule has 6 atom stereocenters. The van der Waals surface area contributed by atoms with Crippen LogP contribution in [0.25, 0.3) is 10.9 Å². The van der Waals surface area contributed by atoms with E-state index in [1.807, 2.05) is 19.2 Å². The summed E-state index contributed by atoms with van der Waals surface area (Å²) in [5.74, 6) is 0.854. The minimum Gasteiger partial charge on any atom is -0.454 e. The Morgan fingerprint density at radius 2 is 2.12 bits per heavy atom. The van der Waals surface area contributed by atoms with E-state index < -0.39 is 5.60 Å². The summed E-state index contributed by atoms with van der Waals surface area (Å²) in [7, 11) is 0. The number of nitrogens with zero attached hydrogens (tertiary/aromatic N) is 2. The van der Waals surface area contributed by atoms with Gasteiger partial charge in [-0.1, -0.05) is 17.7 Å². The van der Waals surface area contributed by atoms with Crippen LogP contribution in [0.3, 0.4) is 0 Å². The second kappa shape index (κ2) is 8.76. The second-order valence-electron chi connectivity index (χ2n) is 11.4. The third-order valence-electron chi connectivity index (χ3n) is 8.34. The summed E-state index contributed by atoms with van der Waals surface area (Å²) in [5, 5.41) is 1.07. The maximum absolute atomic E-state index is 13.8. The van der Waals surface area contributed by atoms with Crippen molar-refractivity contribution in [1.29, 1.82) is 0 Å². The van der Waals surface area contributed by atoms with Crippen molar-refractivity contribution in [2.24, 2.45) is 11.8 Å². The maximum atomic E-state index is 13.8. The van der Waals surface area contributed by atoms with Gasteiger partial charge in [0.15, 0.2) is 5.60 Å². The van der Waals surface area contributed by atoms with Gasteiger partial charge in [-0.15, -0.1) is 6.58 Å². The van der Waals surface area contributed by atoms with Crippen LogP contribution in [0.2, 0.25) is 0 Å². The Balaban J connectivity index is 1.53. The van der Waals surface area contributed by atoms with E-state index in [1.54, 1.807) is 0 Å². The molecule has 182 valence electrons. The number of ether oxygens (including phenoxy) is 2. The van der Waals surface area contributed by atoms with E-state index in [2.05, 4.69) is 61.5 Å². The molecule has 0 radical (unpaired) electrons. The first-order chi connectivity index (χ1) is 16.2. The summed E-state index contributed by atoms with van der Waals surface area (Å²) in [4.78, 5) is 20.9. The molecule has 4 aliphatic rings. The molecule has 4 fully saturated rings. The van der Waals surface area contributed by atoms with Gasteiger partial charge in [0.2, 0.25) is 0 Å². The van der Waals surface area contributed by atoms with Crippen LogP contribution >= 0.6 is 0 Å². The number of pyridine rings is 1. The Bertz CT molecular complexity index is 1100. The first kappa shape index (κ1) is 23.5. The average Bonchev–Trinajstić information content (AvgIpc) is 2.81. The highest BCUT2D eigenvalue weighted by Gasteiger charge is 2.48. The van der Waals surface area contributed by atoms with Crippen molar-refractivity contribution in [1.82, 2.24) is 9.88 Å². The van der Waals surface area contributed by atoms with Crippen LogP contribution in [0, 0.1) is 18.8 Å². The van der Waals surface area contributed by atoms with Crippen LogP contribution in [-0.4, -0.2) is 46.2 Å². The van der Waals surface area contributed by atoms with Crippen molar-refractivity contribution in [3.8, 4) is 0 Å². The van der Waals surface area contributed by atoms with Crippen LogP contribution in [0.4, 0.5) is 0 Å². The number of aromatic nitrogens is 1. The Kier molecular flexibility index (Phi) is 6.06. The molecule has 0 aliphatic carbocycles. The van der Waals surface area contributed by atoms with Crippen molar-refractivity contribution >= 4 is 16.9 Å². The van der Waals surface area contributed by atoms with E-state index in [4.69, 9.17) is 9.47 Å². The van der Waals surface area contributed by atoms with Gasteiger partial charge < -0.3 is 9.47 Å². The zero-order chi connectivity index (χ0) is 24.1. The summed E-state index contributed by atoms with van der Waals surface area (Å²) < 4.78 is 12.9. The average molecular weight is 463 g/mol. The fraction of sp³-hybridized carbons (Fsp3) is 0.586. The van der Waals surface area contributed by atoms with Gasteiger partial charge in [0.1, 0.15) is 6.10 Å². The van der Waals surface area contributed by atoms with Gasteiger partial charge in [0.25, 0.3) is 0 Å². The van der Waals surface area contributed by atoms with Gasteiger partial charge >= 0.3 is 5.97 Å². The molecule has 5 heteroatoms. The number of esters is 1. The van der Waals surface area contributed by atoms with Gasteiger partial charge in [-0.3, -0.25) is 9.88 Å². The van der Waals surface area contributed by atoms with Crippen molar-refractivity contribution in [3.05, 3.63) is 54.2 Å². The molecule has 0 N–H and O–H groups in total. The van der Waals surface area contributed by atoms with Crippen molar-refractivity contribution < 1.29 is 14.3 Å². The molecule has 2 bridgehead atoms. The van der Waals surface area contributed by atoms with Crippen molar-refractivity contribution in [2.45, 2.75) is 83.1 Å². The van der Waals surface area contributed by atoms with Crippen LogP contribution in [0.15, 0.2) is 43.1 Å². The minimum atomic E-state index is -0.925. The van der Waals surface area contributed by atoms with E-state index in [9.17, 15) is 4.79 Å². The molecular formula is C29H38N2O3. The number of aryl methyl sites for hydroxylation is 1. The van der Waals surface area contributed by atoms with E-state index in [1.165, 1.54) is 12.0 Å². The number of benzene rings is 1. The fourth-order valence-electron chi connectivity index (χ4n) is 6.52. The quantitative estimate of drug-likeness (QED) is 0.418. The van der Waals surface area contributed by atoms with E-state index >= 15 is 0 Å². The molecule has 5 nitrogen and oxygen atoms in total. The lowest BCUT2D eigenvalue weighted by atomic mass is 9.73. The summed E-state index contributed by atoms with van der Waals surface area (Å²) in [6.45, 7) is 14.2. The lowest BCUT2D eigenvalue weighted by molar-refractivity contribution is -0.211. The molecule has 0 spiro atoms. The monoisotopic (exact) mass is 462 g/mol. The smallest absolute Gasteiger partial charge is 0.338 e. The van der Waals surface area contributed by atoms with Crippen LogP contribution in [0.1, 0.15) is 70.1 Å². The van der Waals surface area contributed by atoms with E-state index in [0.717, 1.165) is 48.8 Å². The molecule has 4 aliphatic heterocycles. The topological polar surface area (TPSA) is 51.7 Å². The molecule has 6 rings (SSSR count). The van der Waals surface area contributed by atoms with Gasteiger partial charge in [-0.25, -0.2) is 4.79 Å². The first-order valence-corrected chi connectivity index (χ1v) is 12.8. The Hall–Kier alpha value is -2.24. The molecule has 3 unspecified atom stereocenters. The van der Waals surface area contributed by atoms with Gasteiger partial charge in [-0.05, 0) is 96.4 Å². The first-order valence-electron chi connectivity index (χ1n) is 12.8. The third kappa shape index (κ3) is 4.29. The number of hydrogen-bond donors (Lipinski definition) is 0. The lowest BCUT2D eigenvalue weighted by Crippen LogP contribution is -2.56. The van der Waals surface area contributed by atoms with Gasteiger partial charge in [-0.2, -0.15) is 0 Å². The molecular weight excluding hydrogens is 424 g/mol. The zero-order valence-electron chi connectivity index (χ0n) is 21.0. The Labute approximate surface area is 203 Å². The highest BCUT2D eigenvalue weighted by atomic mass is 16.6. The molecule has 34 heavy (non-hydrogen) atoms. The molecule has 4 saturated heterocycles. The van der Waals surface area contributed by atoms with Crippen LogP contribution in [-0.2, 0) is 14.3 Å². The van der Waals surface area contributed by atoms with Crippen molar-refractivity contribution in [3.63, 3.8) is 0 Å². The second-order valence-corrected chi connectivity index (χ2v) is 11.4. The normalized spacial score (nSPS) is 33.4. The summed E-state index contributed by atoms with van der Waals surface area (Å²) >= 11 is 0. The molecule has 0 saturated carbocycles. The highest BCUT2D eigenvalue weighted by Crippen LogP contribution is 2.45. The maximum Gasteiger partial charge on any atom is 0.338 e. The number of piperidine rings is 3. The van der Waals surface area contributed by atoms with Crippen LogP contribution < -0.4 is 0 Å². The predicted octanol–water partition coefficient (Wildman–Crippen LogP) is 5.76. The fourth-order valence-corrected chi connectivity index (χ4v) is 6.52. The molecule has 1 aromatic carbocycles. The SMILES string of the molecule is C=CC1CN2CC[C@@H]1C[C@H]2[C@H](OC(=O)C1(C)CCCC(C)(C)O1)c1ccnc2ccc(C)cc12. The van der Waals surface area contributed by atoms with Crippen molar-refractivity contribution in [2.75, 3.05) is 13.1 Å². The lowest BCUT2D eigenvalue weighted by Gasteiger charge is -2.51. The number of carbonyl (C=O) groups excluding carboxylic acids is 1. The highest BCUT2D eigenvalue weighted by molar-refractivity contribution is 5.84. The summed E-state index contributed by atoms with van der Waals surface area (Å²) in [5.41, 5.74) is 1.91. The van der Waals surface area contributed by atoms with Crippen LogP contribution in [0.5, 0.6) is 0 Å². The number of fused-ring (bicyclic) bond motifs is 4. The summed E-state index contributed by atoms with van der Waals surface area (Å²) in [6.07, 6.45) is 8.38. The zero-order valence-corrected chi connectivity index (χ0v) is 21.0. The largest absolute Gasteiger partial charge is 0.454 e. The number of hydrogen-bond acceptors (Lipinski definition) is 5. The van der Waals surface area contributed by atoms with Gasteiger partial charge in [0, 0.05) is 23.7 Å². The number of rotatable bonds is 5. The molecule has 2 aromatic rings.